The highest BCUT2D eigenvalue weighted by atomic mass is 19.1. The van der Waals surface area contributed by atoms with Crippen molar-refractivity contribution < 1.29 is 13.9 Å². The van der Waals surface area contributed by atoms with Crippen LogP contribution in [0.25, 0.3) is 0 Å². The second-order valence-corrected chi connectivity index (χ2v) is 5.38. The molecule has 1 aliphatic rings. The standard InChI is InChI=1S/C16H24FNO2/c1-4-18-15(13-5-6-14(17)12(2)11-13)16(19-3)7-9-20-10-8-16/h5-6,11,15,18H,4,7-10H2,1-3H3. The van der Waals surface area contributed by atoms with E-state index in [1.165, 1.54) is 6.07 Å². The minimum atomic E-state index is -0.279. The second-order valence-electron chi connectivity index (χ2n) is 5.38. The molecule has 1 N–H and O–H groups in total. The first-order valence-corrected chi connectivity index (χ1v) is 7.25. The fourth-order valence-electron chi connectivity index (χ4n) is 2.99. The number of likely N-dealkylation sites (N-methyl/N-ethyl adjacent to an activating group) is 1. The van der Waals surface area contributed by atoms with E-state index in [2.05, 4.69) is 12.2 Å². The lowest BCUT2D eigenvalue weighted by atomic mass is 9.81. The fourth-order valence-corrected chi connectivity index (χ4v) is 2.99. The molecule has 1 aliphatic heterocycles. The van der Waals surface area contributed by atoms with E-state index < -0.39 is 0 Å². The van der Waals surface area contributed by atoms with Crippen molar-refractivity contribution in [2.24, 2.45) is 0 Å². The zero-order valence-corrected chi connectivity index (χ0v) is 12.5. The number of rotatable bonds is 5. The summed E-state index contributed by atoms with van der Waals surface area (Å²) in [6.07, 6.45) is 1.69. The van der Waals surface area contributed by atoms with Gasteiger partial charge in [0.05, 0.1) is 11.6 Å². The van der Waals surface area contributed by atoms with Crippen LogP contribution >= 0.6 is 0 Å². The molecule has 0 bridgehead atoms. The van der Waals surface area contributed by atoms with Crippen LogP contribution < -0.4 is 5.32 Å². The van der Waals surface area contributed by atoms with E-state index in [4.69, 9.17) is 9.47 Å². The molecule has 1 unspecified atom stereocenters. The van der Waals surface area contributed by atoms with Crippen LogP contribution in [0.4, 0.5) is 4.39 Å². The zero-order chi connectivity index (χ0) is 14.6. The Labute approximate surface area is 120 Å². The highest BCUT2D eigenvalue weighted by molar-refractivity contribution is 5.29. The van der Waals surface area contributed by atoms with Gasteiger partial charge in [-0.15, -0.1) is 0 Å². The van der Waals surface area contributed by atoms with Crippen LogP contribution in [0, 0.1) is 12.7 Å². The van der Waals surface area contributed by atoms with Gasteiger partial charge in [-0.1, -0.05) is 19.1 Å². The normalized spacial score (nSPS) is 19.8. The van der Waals surface area contributed by atoms with E-state index in [1.54, 1.807) is 14.0 Å². The Morgan fingerprint density at radius 3 is 2.65 bits per heavy atom. The number of halogens is 1. The lowest BCUT2D eigenvalue weighted by molar-refractivity contribution is -0.111. The van der Waals surface area contributed by atoms with E-state index in [-0.39, 0.29) is 17.5 Å². The van der Waals surface area contributed by atoms with E-state index in [0.717, 1.165) is 24.9 Å². The van der Waals surface area contributed by atoms with Crippen molar-refractivity contribution in [3.63, 3.8) is 0 Å². The number of hydrogen-bond acceptors (Lipinski definition) is 3. The first-order valence-electron chi connectivity index (χ1n) is 7.25. The maximum absolute atomic E-state index is 13.5. The minimum Gasteiger partial charge on any atom is -0.381 e. The molecule has 4 heteroatoms. The average Bonchev–Trinajstić information content (AvgIpc) is 2.48. The third-order valence-corrected chi connectivity index (χ3v) is 4.20. The molecule has 1 aromatic rings. The predicted octanol–water partition coefficient (Wildman–Crippen LogP) is 2.98. The van der Waals surface area contributed by atoms with E-state index >= 15 is 0 Å². The number of hydrogen-bond donors (Lipinski definition) is 1. The number of methoxy groups -OCH3 is 1. The predicted molar refractivity (Wildman–Crippen MR) is 77.3 cm³/mol. The summed E-state index contributed by atoms with van der Waals surface area (Å²) in [5, 5.41) is 3.50. The van der Waals surface area contributed by atoms with Gasteiger partial charge in [0.2, 0.25) is 0 Å². The number of aryl methyl sites for hydroxylation is 1. The molecule has 0 radical (unpaired) electrons. The first kappa shape index (κ1) is 15.4. The molecular formula is C16H24FNO2. The molecule has 0 aliphatic carbocycles. The number of benzene rings is 1. The molecule has 1 fully saturated rings. The van der Waals surface area contributed by atoms with Gasteiger partial charge in [0.15, 0.2) is 0 Å². The van der Waals surface area contributed by atoms with Gasteiger partial charge < -0.3 is 14.8 Å². The Balaban J connectivity index is 2.35. The average molecular weight is 281 g/mol. The maximum atomic E-state index is 13.5. The quantitative estimate of drug-likeness (QED) is 0.900. The Morgan fingerprint density at radius 1 is 1.40 bits per heavy atom. The molecule has 20 heavy (non-hydrogen) atoms. The van der Waals surface area contributed by atoms with Crippen molar-refractivity contribution in [1.29, 1.82) is 0 Å². The molecule has 112 valence electrons. The molecular weight excluding hydrogens is 257 g/mol. The molecule has 0 amide bonds. The van der Waals surface area contributed by atoms with Crippen molar-refractivity contribution >= 4 is 0 Å². The highest BCUT2D eigenvalue weighted by Crippen LogP contribution is 2.37. The van der Waals surface area contributed by atoms with E-state index in [0.29, 0.717) is 18.8 Å². The smallest absolute Gasteiger partial charge is 0.126 e. The van der Waals surface area contributed by atoms with Crippen LogP contribution in [0.5, 0.6) is 0 Å². The molecule has 2 rings (SSSR count). The molecule has 1 saturated heterocycles. The van der Waals surface area contributed by atoms with Crippen LogP contribution in [-0.4, -0.2) is 32.5 Å². The van der Waals surface area contributed by atoms with Gasteiger partial charge >= 0.3 is 0 Å². The summed E-state index contributed by atoms with van der Waals surface area (Å²) in [6, 6.07) is 5.36. The summed E-state index contributed by atoms with van der Waals surface area (Å²) in [5.74, 6) is -0.164. The summed E-state index contributed by atoms with van der Waals surface area (Å²) < 4.78 is 24.8. The highest BCUT2D eigenvalue weighted by Gasteiger charge is 2.41. The van der Waals surface area contributed by atoms with Crippen molar-refractivity contribution in [1.82, 2.24) is 5.32 Å². The van der Waals surface area contributed by atoms with Gasteiger partial charge in [-0.3, -0.25) is 0 Å². The van der Waals surface area contributed by atoms with Crippen molar-refractivity contribution in [2.45, 2.75) is 38.3 Å². The third-order valence-electron chi connectivity index (χ3n) is 4.20. The fraction of sp³-hybridized carbons (Fsp3) is 0.625. The Bertz CT molecular complexity index is 444. The molecule has 1 aromatic carbocycles. The SMILES string of the molecule is CCNC(c1ccc(F)c(C)c1)C1(OC)CCOCC1. The van der Waals surface area contributed by atoms with Crippen LogP contribution in [0.2, 0.25) is 0 Å². The van der Waals surface area contributed by atoms with Crippen LogP contribution in [0.1, 0.15) is 36.9 Å². The number of nitrogens with one attached hydrogen (secondary N) is 1. The monoisotopic (exact) mass is 281 g/mol. The molecule has 0 saturated carbocycles. The minimum absolute atomic E-state index is 0.0562. The molecule has 0 aromatic heterocycles. The summed E-state index contributed by atoms with van der Waals surface area (Å²) in [7, 11) is 1.76. The second kappa shape index (κ2) is 6.66. The van der Waals surface area contributed by atoms with Gasteiger partial charge in [-0.2, -0.15) is 0 Å². The summed E-state index contributed by atoms with van der Waals surface area (Å²) in [4.78, 5) is 0. The largest absolute Gasteiger partial charge is 0.381 e. The summed E-state index contributed by atoms with van der Waals surface area (Å²) in [6.45, 7) is 6.12. The van der Waals surface area contributed by atoms with Gasteiger partial charge in [0.1, 0.15) is 5.82 Å². The van der Waals surface area contributed by atoms with Crippen LogP contribution in [0.3, 0.4) is 0 Å². The first-order chi connectivity index (χ1) is 9.63. The van der Waals surface area contributed by atoms with Crippen LogP contribution in [0.15, 0.2) is 18.2 Å². The Morgan fingerprint density at radius 2 is 2.10 bits per heavy atom. The van der Waals surface area contributed by atoms with Crippen molar-refractivity contribution in [2.75, 3.05) is 26.9 Å². The van der Waals surface area contributed by atoms with E-state index in [9.17, 15) is 4.39 Å². The summed E-state index contributed by atoms with van der Waals surface area (Å²) in [5.41, 5.74) is 1.47. The van der Waals surface area contributed by atoms with Crippen molar-refractivity contribution in [3.8, 4) is 0 Å². The van der Waals surface area contributed by atoms with E-state index in [1.807, 2.05) is 12.1 Å². The summed E-state index contributed by atoms with van der Waals surface area (Å²) >= 11 is 0. The number of ether oxygens (including phenoxy) is 2. The Hall–Kier alpha value is -0.970. The lowest BCUT2D eigenvalue weighted by Gasteiger charge is -2.43. The maximum Gasteiger partial charge on any atom is 0.126 e. The molecule has 1 heterocycles. The Kier molecular flexibility index (Phi) is 5.13. The topological polar surface area (TPSA) is 30.5 Å². The van der Waals surface area contributed by atoms with Gasteiger partial charge in [-0.05, 0) is 30.7 Å². The van der Waals surface area contributed by atoms with Gasteiger partial charge in [-0.25, -0.2) is 4.39 Å². The van der Waals surface area contributed by atoms with Crippen molar-refractivity contribution in [3.05, 3.63) is 35.1 Å². The van der Waals surface area contributed by atoms with Gasteiger partial charge in [0, 0.05) is 33.2 Å². The third kappa shape index (κ3) is 3.03. The molecule has 3 nitrogen and oxygen atoms in total. The lowest BCUT2D eigenvalue weighted by Crippen LogP contribution is -2.49. The van der Waals surface area contributed by atoms with Gasteiger partial charge in [0.25, 0.3) is 0 Å². The molecule has 0 spiro atoms. The van der Waals surface area contributed by atoms with Crippen LogP contribution in [-0.2, 0) is 9.47 Å². The molecule has 1 atom stereocenters. The zero-order valence-electron chi connectivity index (χ0n) is 12.5.